The second-order valence-electron chi connectivity index (χ2n) is 5.41. The minimum absolute atomic E-state index is 0.157. The van der Waals surface area contributed by atoms with Crippen LogP contribution in [-0.4, -0.2) is 4.57 Å². The van der Waals surface area contributed by atoms with Crippen LogP contribution in [0.4, 0.5) is 4.39 Å². The second-order valence-corrected chi connectivity index (χ2v) is 6.26. The Morgan fingerprint density at radius 2 is 1.86 bits per heavy atom. The van der Waals surface area contributed by atoms with Crippen molar-refractivity contribution in [1.82, 2.24) is 4.57 Å². The molecule has 1 aliphatic carbocycles. The Bertz CT molecular complexity index is 742. The summed E-state index contributed by atoms with van der Waals surface area (Å²) < 4.78 is 21.5. The van der Waals surface area contributed by atoms with E-state index in [1.54, 1.807) is 24.6 Å². The molecule has 1 aromatic heterocycles. The van der Waals surface area contributed by atoms with Crippen LogP contribution in [0.5, 0.6) is 11.5 Å². The summed E-state index contributed by atoms with van der Waals surface area (Å²) in [5, 5.41) is 0. The molecule has 0 amide bonds. The molecular weight excluding hydrogens is 337 g/mol. The van der Waals surface area contributed by atoms with Crippen LogP contribution in [0.3, 0.4) is 0 Å². The van der Waals surface area contributed by atoms with E-state index in [1.807, 2.05) is 6.07 Å². The topological polar surface area (TPSA) is 31.2 Å². The molecule has 0 bridgehead atoms. The lowest BCUT2D eigenvalue weighted by molar-refractivity contribution is 0.454. The molecular formula is C16H15BrFNO2. The van der Waals surface area contributed by atoms with Crippen LogP contribution in [0.2, 0.25) is 0 Å². The van der Waals surface area contributed by atoms with E-state index in [-0.39, 0.29) is 23.2 Å². The fourth-order valence-electron chi connectivity index (χ4n) is 2.40. The maximum absolute atomic E-state index is 13.4. The molecule has 3 nitrogen and oxygen atoms in total. The Morgan fingerprint density at radius 1 is 1.24 bits per heavy atom. The van der Waals surface area contributed by atoms with Crippen molar-refractivity contribution in [3.8, 4) is 11.5 Å². The third-order valence-electron chi connectivity index (χ3n) is 3.60. The predicted molar refractivity (Wildman–Crippen MR) is 82.6 cm³/mol. The first-order chi connectivity index (χ1) is 9.97. The molecule has 0 unspecified atom stereocenters. The summed E-state index contributed by atoms with van der Waals surface area (Å²) in [6, 6.07) is 4.89. The van der Waals surface area contributed by atoms with Gasteiger partial charge in [-0.25, -0.2) is 4.39 Å². The van der Waals surface area contributed by atoms with Crippen LogP contribution in [0.1, 0.15) is 30.0 Å². The normalized spacial score (nSPS) is 14.3. The van der Waals surface area contributed by atoms with Gasteiger partial charge in [-0.15, -0.1) is 0 Å². The average Bonchev–Trinajstić information content (AvgIpc) is 3.21. The molecule has 21 heavy (non-hydrogen) atoms. The number of halogens is 2. The summed E-state index contributed by atoms with van der Waals surface area (Å²) in [5.74, 6) is 0.477. The molecule has 0 saturated heterocycles. The zero-order chi connectivity index (χ0) is 15.1. The van der Waals surface area contributed by atoms with Crippen molar-refractivity contribution in [3.63, 3.8) is 0 Å². The summed E-state index contributed by atoms with van der Waals surface area (Å²) in [6.07, 6.45) is 3.83. The minimum atomic E-state index is -0.306. The van der Waals surface area contributed by atoms with Crippen molar-refractivity contribution >= 4 is 15.9 Å². The summed E-state index contributed by atoms with van der Waals surface area (Å²) in [4.78, 5) is 12.5. The number of aryl methyl sites for hydroxylation is 2. The van der Waals surface area contributed by atoms with E-state index in [4.69, 9.17) is 4.74 Å². The van der Waals surface area contributed by atoms with Crippen LogP contribution < -0.4 is 10.3 Å². The molecule has 1 saturated carbocycles. The molecule has 5 heteroatoms. The zero-order valence-electron chi connectivity index (χ0n) is 11.8. The number of aromatic nitrogens is 1. The third kappa shape index (κ3) is 2.75. The summed E-state index contributed by atoms with van der Waals surface area (Å²) >= 11 is 3.36. The molecule has 0 N–H and O–H groups in total. The Morgan fingerprint density at radius 3 is 2.43 bits per heavy atom. The summed E-state index contributed by atoms with van der Waals surface area (Å²) in [6.45, 7) is 3.53. The van der Waals surface area contributed by atoms with Gasteiger partial charge in [0.15, 0.2) is 0 Å². The highest BCUT2D eigenvalue weighted by Crippen LogP contribution is 2.36. The number of rotatable bonds is 3. The molecule has 1 aliphatic rings. The molecule has 0 radical (unpaired) electrons. The quantitative estimate of drug-likeness (QED) is 0.815. The third-order valence-corrected chi connectivity index (χ3v) is 4.22. The van der Waals surface area contributed by atoms with Gasteiger partial charge in [0.2, 0.25) is 5.75 Å². The first-order valence-corrected chi connectivity index (χ1v) is 7.62. The molecule has 1 aromatic carbocycles. The Balaban J connectivity index is 2.06. The van der Waals surface area contributed by atoms with E-state index in [2.05, 4.69) is 15.9 Å². The Hall–Kier alpha value is -1.62. The number of pyridine rings is 1. The van der Waals surface area contributed by atoms with Crippen LogP contribution in [0.15, 0.2) is 33.7 Å². The second kappa shape index (κ2) is 5.30. The monoisotopic (exact) mass is 351 g/mol. The molecule has 110 valence electrons. The average molecular weight is 352 g/mol. The van der Waals surface area contributed by atoms with Gasteiger partial charge in [0, 0.05) is 12.2 Å². The largest absolute Gasteiger partial charge is 0.450 e. The summed E-state index contributed by atoms with van der Waals surface area (Å²) in [7, 11) is 0. The number of ether oxygens (including phenoxy) is 1. The Labute approximate surface area is 130 Å². The van der Waals surface area contributed by atoms with E-state index in [0.29, 0.717) is 21.3 Å². The van der Waals surface area contributed by atoms with Crippen molar-refractivity contribution in [3.05, 3.63) is 56.2 Å². The Kier molecular flexibility index (Phi) is 3.61. The standard InChI is InChI=1S/C16H15BrFNO2/c1-9-7-11(18)8-10(2)14(9)21-15-13(17)5-6-19(16(15)20)12-3-4-12/h5-8,12H,3-4H2,1-2H3. The van der Waals surface area contributed by atoms with Gasteiger partial charge in [0.25, 0.3) is 5.56 Å². The lowest BCUT2D eigenvalue weighted by Crippen LogP contribution is -2.20. The van der Waals surface area contributed by atoms with Crippen LogP contribution in [0, 0.1) is 19.7 Å². The fraction of sp³-hybridized carbons (Fsp3) is 0.312. The van der Waals surface area contributed by atoms with E-state index in [0.717, 1.165) is 12.8 Å². The summed E-state index contributed by atoms with van der Waals surface area (Å²) in [5.41, 5.74) is 1.18. The van der Waals surface area contributed by atoms with Crippen molar-refractivity contribution in [2.45, 2.75) is 32.7 Å². The number of hydrogen-bond donors (Lipinski definition) is 0. The smallest absolute Gasteiger partial charge is 0.294 e. The lowest BCUT2D eigenvalue weighted by atomic mass is 10.1. The number of benzene rings is 1. The molecule has 0 spiro atoms. The van der Waals surface area contributed by atoms with Gasteiger partial charge < -0.3 is 9.30 Å². The highest BCUT2D eigenvalue weighted by atomic mass is 79.9. The maximum atomic E-state index is 13.4. The molecule has 2 aromatic rings. The molecule has 3 rings (SSSR count). The zero-order valence-corrected chi connectivity index (χ0v) is 13.4. The molecule has 0 aliphatic heterocycles. The van der Waals surface area contributed by atoms with Gasteiger partial charge in [0.05, 0.1) is 4.47 Å². The predicted octanol–water partition coefficient (Wildman–Crippen LogP) is 4.49. The highest BCUT2D eigenvalue weighted by molar-refractivity contribution is 9.10. The van der Waals surface area contributed by atoms with E-state index >= 15 is 0 Å². The van der Waals surface area contributed by atoms with Gasteiger partial charge in [0.1, 0.15) is 11.6 Å². The first-order valence-electron chi connectivity index (χ1n) is 6.82. The minimum Gasteiger partial charge on any atom is -0.450 e. The molecule has 1 fully saturated rings. The van der Waals surface area contributed by atoms with E-state index < -0.39 is 0 Å². The van der Waals surface area contributed by atoms with Gasteiger partial charge in [-0.1, -0.05) is 0 Å². The fourth-order valence-corrected chi connectivity index (χ4v) is 2.77. The van der Waals surface area contributed by atoms with Crippen molar-refractivity contribution in [2.75, 3.05) is 0 Å². The van der Waals surface area contributed by atoms with Crippen LogP contribution in [0.25, 0.3) is 0 Å². The van der Waals surface area contributed by atoms with Crippen molar-refractivity contribution < 1.29 is 9.13 Å². The van der Waals surface area contributed by atoms with E-state index in [9.17, 15) is 9.18 Å². The SMILES string of the molecule is Cc1cc(F)cc(C)c1Oc1c(Br)ccn(C2CC2)c1=O. The van der Waals surface area contributed by atoms with Crippen molar-refractivity contribution in [2.24, 2.45) is 0 Å². The van der Waals surface area contributed by atoms with Crippen LogP contribution >= 0.6 is 15.9 Å². The van der Waals surface area contributed by atoms with Gasteiger partial charge in [-0.2, -0.15) is 0 Å². The maximum Gasteiger partial charge on any atom is 0.294 e. The van der Waals surface area contributed by atoms with Crippen LogP contribution in [-0.2, 0) is 0 Å². The van der Waals surface area contributed by atoms with Gasteiger partial charge >= 0.3 is 0 Å². The lowest BCUT2D eigenvalue weighted by Gasteiger charge is -2.14. The number of nitrogens with zero attached hydrogens (tertiary/aromatic N) is 1. The molecule has 1 heterocycles. The first kappa shape index (κ1) is 14.3. The van der Waals surface area contributed by atoms with Gasteiger partial charge in [-0.05, 0) is 71.9 Å². The van der Waals surface area contributed by atoms with Gasteiger partial charge in [-0.3, -0.25) is 4.79 Å². The highest BCUT2D eigenvalue weighted by Gasteiger charge is 2.26. The van der Waals surface area contributed by atoms with E-state index in [1.165, 1.54) is 12.1 Å². The van der Waals surface area contributed by atoms with Crippen molar-refractivity contribution in [1.29, 1.82) is 0 Å². The number of hydrogen-bond acceptors (Lipinski definition) is 2. The molecule has 0 atom stereocenters.